The molecule has 0 aromatic heterocycles. The number of primary amides is 1. The van der Waals surface area contributed by atoms with Crippen molar-refractivity contribution >= 4 is 27.9 Å². The smallest absolute Gasteiger partial charge is 0.410 e. The fourth-order valence-electron chi connectivity index (χ4n) is 5.54. The zero-order valence-electron chi connectivity index (χ0n) is 30.9. The van der Waals surface area contributed by atoms with Crippen LogP contribution in [0.2, 0.25) is 0 Å². The van der Waals surface area contributed by atoms with E-state index >= 15 is 0 Å². The van der Waals surface area contributed by atoms with Crippen LogP contribution >= 0.6 is 0 Å². The van der Waals surface area contributed by atoms with Crippen LogP contribution in [-0.4, -0.2) is 96.5 Å². The highest BCUT2D eigenvalue weighted by Crippen LogP contribution is 2.37. The van der Waals surface area contributed by atoms with Crippen LogP contribution in [0.3, 0.4) is 0 Å². The molecule has 0 bridgehead atoms. The lowest BCUT2D eigenvalue weighted by Gasteiger charge is -2.41. The number of rotatable bonds is 19. The first-order valence-corrected chi connectivity index (χ1v) is 18.7. The van der Waals surface area contributed by atoms with E-state index in [1.54, 1.807) is 32.8 Å². The minimum atomic E-state index is -4.31. The van der Waals surface area contributed by atoms with Gasteiger partial charge in [-0.1, -0.05) is 44.2 Å². The maximum absolute atomic E-state index is 14.5. The van der Waals surface area contributed by atoms with Gasteiger partial charge in [-0.2, -0.15) is 4.31 Å². The molecule has 51 heavy (non-hydrogen) atoms. The second kappa shape index (κ2) is 18.0. The van der Waals surface area contributed by atoms with Gasteiger partial charge in [0.1, 0.15) is 11.3 Å². The number of sulfonamides is 1. The van der Waals surface area contributed by atoms with E-state index in [0.29, 0.717) is 29.9 Å². The van der Waals surface area contributed by atoms with Crippen molar-refractivity contribution in [2.75, 3.05) is 33.5 Å². The molecule has 0 aliphatic carbocycles. The normalized spacial score (nSPS) is 14.7. The number of nitrogens with zero attached hydrogens (tertiary/aromatic N) is 3. The van der Waals surface area contributed by atoms with Crippen molar-refractivity contribution in [1.29, 1.82) is 0 Å². The Morgan fingerprint density at radius 1 is 1.00 bits per heavy atom. The van der Waals surface area contributed by atoms with Gasteiger partial charge in [0.2, 0.25) is 28.6 Å². The maximum Gasteiger partial charge on any atom is 0.410 e. The Kier molecular flexibility index (Phi) is 14.7. The number of carbonyl (C=O) groups excluding carboxylic acids is 3. The van der Waals surface area contributed by atoms with Gasteiger partial charge in [0.05, 0.1) is 4.90 Å². The molecule has 15 heteroatoms. The molecular weight excluding hydrogens is 678 g/mol. The molecule has 3 rings (SSSR count). The number of hydrogen-bond donors (Lipinski definition) is 3. The molecule has 1 heterocycles. The van der Waals surface area contributed by atoms with E-state index in [0.717, 1.165) is 4.31 Å². The van der Waals surface area contributed by atoms with Gasteiger partial charge in [-0.3, -0.25) is 15.0 Å². The summed E-state index contributed by atoms with van der Waals surface area (Å²) in [6, 6.07) is 13.1. The second-order valence-electron chi connectivity index (χ2n) is 14.4. The summed E-state index contributed by atoms with van der Waals surface area (Å²) in [7, 11) is -2.77. The fourth-order valence-corrected chi connectivity index (χ4v) is 7.39. The predicted octanol–water partition coefficient (Wildman–Crippen LogP) is 4.02. The Bertz CT molecular complexity index is 1580. The summed E-state index contributed by atoms with van der Waals surface area (Å²) in [5.41, 5.74) is 6.34. The highest BCUT2D eigenvalue weighted by Gasteiger charge is 2.44. The third-order valence-electron chi connectivity index (χ3n) is 8.24. The molecule has 4 N–H and O–H groups in total. The third-order valence-corrected chi connectivity index (χ3v) is 10.2. The van der Waals surface area contributed by atoms with Crippen LogP contribution in [0.5, 0.6) is 11.5 Å². The van der Waals surface area contributed by atoms with E-state index in [9.17, 15) is 27.9 Å². The topological polar surface area (TPSA) is 181 Å². The summed E-state index contributed by atoms with van der Waals surface area (Å²) in [4.78, 5) is 38.5. The number of aliphatic hydroxyl groups is 1. The third kappa shape index (κ3) is 12.7. The van der Waals surface area contributed by atoms with E-state index in [4.69, 9.17) is 19.9 Å². The van der Waals surface area contributed by atoms with Crippen molar-refractivity contribution in [3.63, 3.8) is 0 Å². The molecule has 2 aromatic rings. The monoisotopic (exact) mass is 733 g/mol. The number of ether oxygens (including phenoxy) is 3. The summed E-state index contributed by atoms with van der Waals surface area (Å²) in [5, 5.41) is 14.3. The molecule has 284 valence electrons. The number of nitrogens with two attached hydrogens (primary N) is 1. The average molecular weight is 734 g/mol. The Morgan fingerprint density at radius 3 is 2.29 bits per heavy atom. The number of carbonyl (C=O) groups is 3. The van der Waals surface area contributed by atoms with Crippen molar-refractivity contribution < 1.29 is 42.1 Å². The van der Waals surface area contributed by atoms with Crippen LogP contribution in [0.15, 0.2) is 53.4 Å². The molecule has 0 radical (unpaired) electrons. The number of fused-ring (bicyclic) bond motifs is 1. The van der Waals surface area contributed by atoms with Crippen molar-refractivity contribution in [2.24, 2.45) is 11.7 Å². The highest BCUT2D eigenvalue weighted by atomic mass is 32.2. The summed E-state index contributed by atoms with van der Waals surface area (Å²) in [6.07, 6.45) is 0.332. The molecule has 0 saturated heterocycles. The molecular formula is C36H55N5O9S. The second-order valence-corrected chi connectivity index (χ2v) is 16.3. The number of benzene rings is 2. The van der Waals surface area contributed by atoms with Crippen molar-refractivity contribution in [2.45, 2.75) is 102 Å². The van der Waals surface area contributed by atoms with E-state index < -0.39 is 39.3 Å². The van der Waals surface area contributed by atoms with Gasteiger partial charge in [0.25, 0.3) is 0 Å². The van der Waals surface area contributed by atoms with Crippen LogP contribution in [0.4, 0.5) is 4.79 Å². The first-order chi connectivity index (χ1) is 23.8. The molecule has 2 atom stereocenters. The molecule has 14 nitrogen and oxygen atoms in total. The molecule has 2 unspecified atom stereocenters. The standard InChI is InChI=1S/C36H55N5O9S/c1-26(2)24-41(51(46,47)29-16-17-30-31(22-29)49-25-48-30)36(45,23-28-13-9-8-10-14-28)19-21-40(27(3)12-11-15-32(37)42)38-33(43)18-20-39(7)34(44)50-35(4,5)6/h8-10,13-14,16-17,22,26-27,45H,11-12,15,18-21,23-25H2,1-7H3,(H2,37,42)(H,38,43). The lowest BCUT2D eigenvalue weighted by molar-refractivity contribution is -0.129. The molecule has 0 spiro atoms. The van der Waals surface area contributed by atoms with Crippen molar-refractivity contribution in [3.05, 3.63) is 54.1 Å². The summed E-state index contributed by atoms with van der Waals surface area (Å²) in [5.74, 6) is -0.285. The van der Waals surface area contributed by atoms with E-state index in [2.05, 4.69) is 5.43 Å². The van der Waals surface area contributed by atoms with Gasteiger partial charge < -0.3 is 30.0 Å². The molecule has 3 amide bonds. The maximum atomic E-state index is 14.5. The van der Waals surface area contributed by atoms with Gasteiger partial charge in [-0.15, -0.1) is 0 Å². The summed E-state index contributed by atoms with van der Waals surface area (Å²) < 4.78 is 46.3. The first kappa shape index (κ1) is 41.5. The Balaban J connectivity index is 1.93. The number of nitrogens with one attached hydrogen (secondary N) is 1. The predicted molar refractivity (Wildman–Crippen MR) is 192 cm³/mol. The van der Waals surface area contributed by atoms with Crippen LogP contribution in [0, 0.1) is 5.92 Å². The van der Waals surface area contributed by atoms with Crippen LogP contribution in [-0.2, 0) is 30.8 Å². The van der Waals surface area contributed by atoms with Crippen LogP contribution < -0.4 is 20.6 Å². The number of amides is 3. The van der Waals surface area contributed by atoms with E-state index in [-0.39, 0.29) is 69.0 Å². The molecule has 0 fully saturated rings. The number of hydrogen-bond acceptors (Lipinski definition) is 10. The van der Waals surface area contributed by atoms with Gasteiger partial charge in [-0.05, 0) is 64.2 Å². The van der Waals surface area contributed by atoms with Crippen molar-refractivity contribution in [1.82, 2.24) is 19.6 Å². The highest BCUT2D eigenvalue weighted by molar-refractivity contribution is 7.89. The first-order valence-electron chi connectivity index (χ1n) is 17.3. The Labute approximate surface area is 302 Å². The van der Waals surface area contributed by atoms with E-state index in [1.165, 1.54) is 23.1 Å². The summed E-state index contributed by atoms with van der Waals surface area (Å²) >= 11 is 0. The zero-order chi connectivity index (χ0) is 38.0. The number of hydrazine groups is 1. The largest absolute Gasteiger partial charge is 0.454 e. The van der Waals surface area contributed by atoms with Gasteiger partial charge in [-0.25, -0.2) is 18.2 Å². The van der Waals surface area contributed by atoms with Gasteiger partial charge in [0.15, 0.2) is 11.5 Å². The minimum Gasteiger partial charge on any atom is -0.454 e. The Hall–Kier alpha value is -3.92. The lowest BCUT2D eigenvalue weighted by atomic mass is 9.98. The fraction of sp³-hybridized carbons (Fsp3) is 0.583. The minimum absolute atomic E-state index is 0.00235. The average Bonchev–Trinajstić information content (AvgIpc) is 3.52. The van der Waals surface area contributed by atoms with E-state index in [1.807, 2.05) is 51.1 Å². The van der Waals surface area contributed by atoms with Crippen LogP contribution in [0.25, 0.3) is 0 Å². The Morgan fingerprint density at radius 2 is 1.67 bits per heavy atom. The van der Waals surface area contributed by atoms with Crippen LogP contribution in [0.1, 0.15) is 79.2 Å². The quantitative estimate of drug-likeness (QED) is 0.141. The zero-order valence-corrected chi connectivity index (χ0v) is 31.7. The van der Waals surface area contributed by atoms with Gasteiger partial charge in [0, 0.05) is 64.5 Å². The molecule has 1 aliphatic rings. The van der Waals surface area contributed by atoms with Crippen molar-refractivity contribution in [3.8, 4) is 11.5 Å². The lowest BCUT2D eigenvalue weighted by Crippen LogP contribution is -2.57. The molecule has 0 saturated carbocycles. The molecule has 1 aliphatic heterocycles. The molecule has 2 aromatic carbocycles. The van der Waals surface area contributed by atoms with Gasteiger partial charge >= 0.3 is 6.09 Å². The SMILES string of the molecule is CC(C)CN(C(O)(CCN(NC(=O)CCN(C)C(=O)OC(C)(C)C)C(C)CCCC(N)=O)Cc1ccccc1)S(=O)(=O)c1ccc2c(c1)OCO2. The summed E-state index contributed by atoms with van der Waals surface area (Å²) in [6.45, 7) is 11.0.